The van der Waals surface area contributed by atoms with Crippen molar-refractivity contribution in [3.63, 3.8) is 0 Å². The van der Waals surface area contributed by atoms with E-state index in [1.165, 1.54) is 4.90 Å². The van der Waals surface area contributed by atoms with E-state index < -0.39 is 0 Å². The summed E-state index contributed by atoms with van der Waals surface area (Å²) in [5.74, 6) is 1.81. The third-order valence-corrected chi connectivity index (χ3v) is 6.04. The molecule has 2 aromatic carbocycles. The monoisotopic (exact) mass is 477 g/mol. The molecule has 3 amide bonds. The van der Waals surface area contributed by atoms with Crippen LogP contribution in [0, 0.1) is 13.8 Å². The Morgan fingerprint density at radius 3 is 2.49 bits per heavy atom. The van der Waals surface area contributed by atoms with Gasteiger partial charge in [0.1, 0.15) is 12.3 Å². The van der Waals surface area contributed by atoms with Crippen LogP contribution >= 0.6 is 0 Å². The number of carbonyl (C=O) groups excluding carboxylic acids is 2. The molecule has 0 aliphatic carbocycles. The molecule has 3 aromatic rings. The zero-order valence-corrected chi connectivity index (χ0v) is 20.5. The zero-order valence-electron chi connectivity index (χ0n) is 20.5. The molecule has 0 saturated heterocycles. The molecule has 0 unspecified atom stereocenters. The molecular formula is C27H31N3O5. The summed E-state index contributed by atoms with van der Waals surface area (Å²) >= 11 is 0. The zero-order chi connectivity index (χ0) is 24.9. The molecule has 0 bridgehead atoms. The minimum absolute atomic E-state index is 0.0698. The fourth-order valence-corrected chi connectivity index (χ4v) is 3.83. The number of aryl methyl sites for hydroxylation is 2. The molecule has 1 aliphatic rings. The summed E-state index contributed by atoms with van der Waals surface area (Å²) in [7, 11) is 0. The Hall–Kier alpha value is -3.94. The normalized spacial score (nSPS) is 12.0. The number of fused-ring (bicyclic) bond motifs is 1. The summed E-state index contributed by atoms with van der Waals surface area (Å²) in [5, 5.41) is 2.93. The lowest BCUT2D eigenvalue weighted by molar-refractivity contribution is -0.133. The van der Waals surface area contributed by atoms with Crippen LogP contribution in [-0.4, -0.2) is 41.1 Å². The van der Waals surface area contributed by atoms with E-state index in [1.807, 2.05) is 70.2 Å². The van der Waals surface area contributed by atoms with Gasteiger partial charge in [-0.1, -0.05) is 12.1 Å². The first-order chi connectivity index (χ1) is 16.8. The predicted octanol–water partition coefficient (Wildman–Crippen LogP) is 5.10. The Morgan fingerprint density at radius 1 is 0.971 bits per heavy atom. The van der Waals surface area contributed by atoms with Crippen LogP contribution in [0.4, 0.5) is 10.5 Å². The minimum Gasteiger partial charge on any atom is -0.467 e. The lowest BCUT2D eigenvalue weighted by Gasteiger charge is -2.30. The Morgan fingerprint density at radius 2 is 1.77 bits per heavy atom. The highest BCUT2D eigenvalue weighted by atomic mass is 16.7. The lowest BCUT2D eigenvalue weighted by Crippen LogP contribution is -2.47. The summed E-state index contributed by atoms with van der Waals surface area (Å²) in [6, 6.07) is 14.5. The molecule has 0 saturated carbocycles. The molecule has 0 fully saturated rings. The van der Waals surface area contributed by atoms with Gasteiger partial charge in [0.15, 0.2) is 11.5 Å². The van der Waals surface area contributed by atoms with E-state index in [9.17, 15) is 9.59 Å². The van der Waals surface area contributed by atoms with Gasteiger partial charge in [-0.3, -0.25) is 4.79 Å². The van der Waals surface area contributed by atoms with Gasteiger partial charge >= 0.3 is 6.03 Å². The van der Waals surface area contributed by atoms with Crippen molar-refractivity contribution in [3.05, 3.63) is 77.2 Å². The fourth-order valence-electron chi connectivity index (χ4n) is 3.83. The molecule has 1 aliphatic heterocycles. The maximum absolute atomic E-state index is 13.5. The minimum atomic E-state index is -0.322. The van der Waals surface area contributed by atoms with E-state index in [1.54, 1.807) is 17.2 Å². The summed E-state index contributed by atoms with van der Waals surface area (Å²) in [6.07, 6.45) is 1.58. The maximum atomic E-state index is 13.5. The number of ether oxygens (including phenoxy) is 2. The van der Waals surface area contributed by atoms with Crippen molar-refractivity contribution in [2.24, 2.45) is 0 Å². The SMILES string of the molecule is Cc1ccc(NC(=O)N(CC(=O)N(Cc2ccc3c(c2)OCO3)Cc2ccco2)C(C)C)cc1C. The summed E-state index contributed by atoms with van der Waals surface area (Å²) in [4.78, 5) is 29.8. The Bertz CT molecular complexity index is 1190. The van der Waals surface area contributed by atoms with Crippen molar-refractivity contribution in [2.45, 2.75) is 46.8 Å². The number of carbonyl (C=O) groups is 2. The van der Waals surface area contributed by atoms with Gasteiger partial charge in [-0.2, -0.15) is 0 Å². The van der Waals surface area contributed by atoms with E-state index in [4.69, 9.17) is 13.9 Å². The Kier molecular flexibility index (Phi) is 7.29. The molecule has 8 nitrogen and oxygen atoms in total. The second kappa shape index (κ2) is 10.5. The number of benzene rings is 2. The summed E-state index contributed by atoms with van der Waals surface area (Å²) in [6.45, 7) is 8.54. The van der Waals surface area contributed by atoms with E-state index in [0.717, 1.165) is 16.7 Å². The fraction of sp³-hybridized carbons (Fsp3) is 0.333. The van der Waals surface area contributed by atoms with Crippen molar-refractivity contribution >= 4 is 17.6 Å². The second-order valence-corrected chi connectivity index (χ2v) is 8.97. The smallest absolute Gasteiger partial charge is 0.322 e. The Labute approximate surface area is 205 Å². The summed E-state index contributed by atoms with van der Waals surface area (Å²) < 4.78 is 16.4. The van der Waals surface area contributed by atoms with Gasteiger partial charge in [0.25, 0.3) is 0 Å². The average molecular weight is 478 g/mol. The van der Waals surface area contributed by atoms with Crippen LogP contribution in [0.1, 0.15) is 36.3 Å². The number of furan rings is 1. The van der Waals surface area contributed by atoms with Gasteiger partial charge in [0, 0.05) is 18.3 Å². The van der Waals surface area contributed by atoms with Crippen LogP contribution in [0.5, 0.6) is 11.5 Å². The number of rotatable bonds is 8. The molecular weight excluding hydrogens is 446 g/mol. The molecule has 0 atom stereocenters. The summed E-state index contributed by atoms with van der Waals surface area (Å²) in [5.41, 5.74) is 3.83. The van der Waals surface area contributed by atoms with E-state index >= 15 is 0 Å². The predicted molar refractivity (Wildman–Crippen MR) is 132 cm³/mol. The van der Waals surface area contributed by atoms with Gasteiger partial charge in [0.2, 0.25) is 12.7 Å². The first-order valence-corrected chi connectivity index (χ1v) is 11.6. The van der Waals surface area contributed by atoms with Gasteiger partial charge in [0.05, 0.1) is 12.8 Å². The quantitative estimate of drug-likeness (QED) is 0.488. The first kappa shape index (κ1) is 24.2. The third-order valence-electron chi connectivity index (χ3n) is 6.04. The van der Waals surface area contributed by atoms with E-state index in [2.05, 4.69) is 5.32 Å². The van der Waals surface area contributed by atoms with Crippen molar-refractivity contribution in [1.29, 1.82) is 0 Å². The van der Waals surface area contributed by atoms with Crippen LogP contribution in [0.3, 0.4) is 0 Å². The van der Waals surface area contributed by atoms with Gasteiger partial charge in [-0.15, -0.1) is 0 Å². The number of amides is 3. The number of anilines is 1. The number of hydrogen-bond donors (Lipinski definition) is 1. The van der Waals surface area contributed by atoms with Gasteiger partial charge < -0.3 is 29.0 Å². The van der Waals surface area contributed by atoms with E-state index in [-0.39, 0.29) is 37.9 Å². The first-order valence-electron chi connectivity index (χ1n) is 11.6. The van der Waals surface area contributed by atoms with Crippen molar-refractivity contribution < 1.29 is 23.5 Å². The topological polar surface area (TPSA) is 84.3 Å². The largest absolute Gasteiger partial charge is 0.467 e. The molecule has 4 rings (SSSR count). The third kappa shape index (κ3) is 5.95. The van der Waals surface area contributed by atoms with Crippen LogP contribution in [-0.2, 0) is 17.9 Å². The van der Waals surface area contributed by atoms with Crippen LogP contribution in [0.25, 0.3) is 0 Å². The molecule has 1 N–H and O–H groups in total. The van der Waals surface area contributed by atoms with Crippen molar-refractivity contribution in [1.82, 2.24) is 9.80 Å². The van der Waals surface area contributed by atoms with Crippen molar-refractivity contribution in [3.8, 4) is 11.5 Å². The van der Waals surface area contributed by atoms with Crippen LogP contribution < -0.4 is 14.8 Å². The number of nitrogens with one attached hydrogen (secondary N) is 1. The van der Waals surface area contributed by atoms with Crippen molar-refractivity contribution in [2.75, 3.05) is 18.7 Å². The highest BCUT2D eigenvalue weighted by Crippen LogP contribution is 2.33. The highest BCUT2D eigenvalue weighted by molar-refractivity contribution is 5.92. The molecule has 2 heterocycles. The van der Waals surface area contributed by atoms with Crippen LogP contribution in [0.2, 0.25) is 0 Å². The molecule has 0 radical (unpaired) electrons. The average Bonchev–Trinajstić information content (AvgIpc) is 3.50. The number of nitrogens with zero attached hydrogens (tertiary/aromatic N) is 2. The van der Waals surface area contributed by atoms with Gasteiger partial charge in [-0.05, 0) is 80.8 Å². The maximum Gasteiger partial charge on any atom is 0.322 e. The molecule has 1 aromatic heterocycles. The van der Waals surface area contributed by atoms with E-state index in [0.29, 0.717) is 29.5 Å². The molecule has 184 valence electrons. The second-order valence-electron chi connectivity index (χ2n) is 8.97. The standard InChI is InChI=1S/C27H31N3O5/c1-18(2)30(27(32)28-22-9-7-19(3)20(4)12-22)16-26(31)29(15-23-6-5-11-33-23)14-21-8-10-24-25(13-21)35-17-34-24/h5-13,18H,14-17H2,1-4H3,(H,28,32). The highest BCUT2D eigenvalue weighted by Gasteiger charge is 2.25. The Balaban J connectivity index is 1.50. The molecule has 0 spiro atoms. The van der Waals surface area contributed by atoms with Crippen LogP contribution in [0.15, 0.2) is 59.2 Å². The number of urea groups is 1. The van der Waals surface area contributed by atoms with Gasteiger partial charge in [-0.25, -0.2) is 4.79 Å². The molecule has 35 heavy (non-hydrogen) atoms. The molecule has 8 heteroatoms. The number of hydrogen-bond acceptors (Lipinski definition) is 5. The lowest BCUT2D eigenvalue weighted by atomic mass is 10.1.